The second-order valence-electron chi connectivity index (χ2n) is 7.22. The summed E-state index contributed by atoms with van der Waals surface area (Å²) in [5, 5.41) is 9.46. The van der Waals surface area contributed by atoms with Crippen molar-refractivity contribution in [1.82, 2.24) is 4.90 Å². The Hall–Kier alpha value is -2.54. The number of ether oxygens (including phenoxy) is 2. The second-order valence-corrected chi connectivity index (χ2v) is 8.30. The Morgan fingerprint density at radius 3 is 2.70 bits per heavy atom. The Bertz CT molecular complexity index is 892. The number of carbonyl (C=O) groups is 2. The Kier molecular flexibility index (Phi) is 4.55. The number of thiophene rings is 1. The van der Waals surface area contributed by atoms with E-state index in [1.165, 1.54) is 11.3 Å². The fraction of sp³-hybridized carbons (Fsp3) is 0.400. The molecule has 1 atom stereocenters. The number of rotatable bonds is 3. The van der Waals surface area contributed by atoms with Crippen LogP contribution in [0.4, 0.5) is 0 Å². The molecule has 0 bridgehead atoms. The summed E-state index contributed by atoms with van der Waals surface area (Å²) in [5.41, 5.74) is 0.0985. The van der Waals surface area contributed by atoms with Gasteiger partial charge in [-0.15, -0.1) is 11.3 Å². The Labute approximate surface area is 161 Å². The lowest BCUT2D eigenvalue weighted by Gasteiger charge is -2.37. The molecule has 1 fully saturated rings. The summed E-state index contributed by atoms with van der Waals surface area (Å²) in [6.45, 7) is 3.64. The third-order valence-corrected chi connectivity index (χ3v) is 6.27. The van der Waals surface area contributed by atoms with Gasteiger partial charge in [-0.3, -0.25) is 9.59 Å². The van der Waals surface area contributed by atoms with Crippen molar-refractivity contribution in [3.05, 3.63) is 35.2 Å². The molecule has 6 nitrogen and oxygen atoms in total. The van der Waals surface area contributed by atoms with Gasteiger partial charge in [-0.05, 0) is 55.7 Å². The summed E-state index contributed by atoms with van der Waals surface area (Å²) < 4.78 is 11.2. The summed E-state index contributed by atoms with van der Waals surface area (Å²) in [6, 6.07) is 9.50. The number of hydrogen-bond acceptors (Lipinski definition) is 5. The van der Waals surface area contributed by atoms with Crippen LogP contribution in [-0.2, 0) is 4.79 Å². The van der Waals surface area contributed by atoms with Gasteiger partial charge in [0.1, 0.15) is 13.2 Å². The van der Waals surface area contributed by atoms with E-state index in [0.29, 0.717) is 43.2 Å². The normalized spacial score (nSPS) is 21.7. The Morgan fingerprint density at radius 2 is 1.93 bits per heavy atom. The van der Waals surface area contributed by atoms with Crippen molar-refractivity contribution < 1.29 is 24.2 Å². The molecule has 1 N–H and O–H groups in total. The second kappa shape index (κ2) is 6.88. The summed E-state index contributed by atoms with van der Waals surface area (Å²) >= 11 is 1.41. The topological polar surface area (TPSA) is 76.1 Å². The lowest BCUT2D eigenvalue weighted by molar-refractivity contribution is -0.150. The molecule has 1 unspecified atom stereocenters. The number of fused-ring (bicyclic) bond motifs is 1. The van der Waals surface area contributed by atoms with Crippen molar-refractivity contribution in [1.29, 1.82) is 0 Å². The molecule has 3 heterocycles. The maximum atomic E-state index is 12.9. The first kappa shape index (κ1) is 17.9. The Balaban J connectivity index is 1.54. The fourth-order valence-electron chi connectivity index (χ4n) is 3.55. The SMILES string of the molecule is CC1(C(=O)O)CCCN(C(=O)c2ccc(-c3ccc4c(c3)OCCO4)s2)C1. The molecular formula is C20H21NO5S. The number of piperidine rings is 1. The van der Waals surface area contributed by atoms with Gasteiger partial charge in [-0.1, -0.05) is 0 Å². The molecule has 4 rings (SSSR count). The minimum atomic E-state index is -0.871. The lowest BCUT2D eigenvalue weighted by Crippen LogP contribution is -2.48. The van der Waals surface area contributed by atoms with Gasteiger partial charge >= 0.3 is 5.97 Å². The summed E-state index contributed by atoms with van der Waals surface area (Å²) in [5.74, 6) is 0.506. The van der Waals surface area contributed by atoms with Crippen molar-refractivity contribution in [3.63, 3.8) is 0 Å². The summed E-state index contributed by atoms with van der Waals surface area (Å²) in [6.07, 6.45) is 1.30. The smallest absolute Gasteiger partial charge is 0.311 e. The van der Waals surface area contributed by atoms with Crippen LogP contribution in [0.5, 0.6) is 11.5 Å². The number of carboxylic acids is 1. The van der Waals surface area contributed by atoms with E-state index in [9.17, 15) is 14.7 Å². The van der Waals surface area contributed by atoms with E-state index >= 15 is 0 Å². The molecule has 7 heteroatoms. The van der Waals surface area contributed by atoms with Crippen molar-refractivity contribution in [2.75, 3.05) is 26.3 Å². The molecule has 1 aromatic heterocycles. The van der Waals surface area contributed by atoms with Crippen LogP contribution in [0.1, 0.15) is 29.4 Å². The average molecular weight is 387 g/mol. The predicted octanol–water partition coefficient (Wildman–Crippen LogP) is 3.51. The zero-order chi connectivity index (χ0) is 19.0. The number of likely N-dealkylation sites (tertiary alicyclic amines) is 1. The largest absolute Gasteiger partial charge is 0.486 e. The maximum Gasteiger partial charge on any atom is 0.311 e. The van der Waals surface area contributed by atoms with Crippen molar-refractivity contribution in [3.8, 4) is 21.9 Å². The number of nitrogens with zero attached hydrogens (tertiary/aromatic N) is 1. The first-order chi connectivity index (χ1) is 13.0. The molecule has 27 heavy (non-hydrogen) atoms. The quantitative estimate of drug-likeness (QED) is 0.872. The molecule has 0 saturated carbocycles. The molecule has 0 aliphatic carbocycles. The predicted molar refractivity (Wildman–Crippen MR) is 102 cm³/mol. The van der Waals surface area contributed by atoms with Crippen molar-refractivity contribution >= 4 is 23.2 Å². The van der Waals surface area contributed by atoms with Crippen molar-refractivity contribution in [2.24, 2.45) is 5.41 Å². The van der Waals surface area contributed by atoms with Crippen molar-refractivity contribution in [2.45, 2.75) is 19.8 Å². The van der Waals surface area contributed by atoms with Gasteiger partial charge in [0, 0.05) is 18.0 Å². The van der Waals surface area contributed by atoms with Gasteiger partial charge in [0.25, 0.3) is 5.91 Å². The molecule has 2 aliphatic heterocycles. The molecule has 1 saturated heterocycles. The van der Waals surface area contributed by atoms with Gasteiger partial charge in [0.05, 0.1) is 10.3 Å². The zero-order valence-corrected chi connectivity index (χ0v) is 15.9. The number of carbonyl (C=O) groups excluding carboxylic acids is 1. The van der Waals surface area contributed by atoms with E-state index in [-0.39, 0.29) is 12.5 Å². The number of carboxylic acid groups (broad SMARTS) is 1. The third kappa shape index (κ3) is 3.39. The van der Waals surface area contributed by atoms with E-state index in [1.807, 2.05) is 30.3 Å². The van der Waals surface area contributed by atoms with E-state index in [0.717, 1.165) is 16.2 Å². The highest BCUT2D eigenvalue weighted by Crippen LogP contribution is 2.37. The third-order valence-electron chi connectivity index (χ3n) is 5.14. The zero-order valence-electron chi connectivity index (χ0n) is 15.1. The average Bonchev–Trinajstić information content (AvgIpc) is 3.17. The first-order valence-corrected chi connectivity index (χ1v) is 9.80. The Morgan fingerprint density at radius 1 is 1.15 bits per heavy atom. The van der Waals surface area contributed by atoms with Gasteiger partial charge in [-0.2, -0.15) is 0 Å². The van der Waals surface area contributed by atoms with E-state index in [4.69, 9.17) is 9.47 Å². The van der Waals surface area contributed by atoms with Gasteiger partial charge in [0.2, 0.25) is 0 Å². The molecule has 1 aromatic carbocycles. The van der Waals surface area contributed by atoms with Gasteiger partial charge in [-0.25, -0.2) is 0 Å². The van der Waals surface area contributed by atoms with Crippen LogP contribution >= 0.6 is 11.3 Å². The van der Waals surface area contributed by atoms with E-state index in [2.05, 4.69) is 0 Å². The molecule has 2 aromatic rings. The molecule has 0 radical (unpaired) electrons. The minimum Gasteiger partial charge on any atom is -0.486 e. The summed E-state index contributed by atoms with van der Waals surface area (Å²) in [4.78, 5) is 27.7. The number of aliphatic carboxylic acids is 1. The van der Waals surface area contributed by atoms with Crippen LogP contribution in [0, 0.1) is 5.41 Å². The maximum absolute atomic E-state index is 12.9. The highest BCUT2D eigenvalue weighted by molar-refractivity contribution is 7.17. The molecule has 2 aliphatic rings. The number of amides is 1. The number of benzene rings is 1. The molecule has 142 valence electrons. The number of hydrogen-bond donors (Lipinski definition) is 1. The standard InChI is InChI=1S/C20H21NO5S/c1-20(19(23)24)7-2-8-21(12-20)18(22)17-6-5-16(27-17)13-3-4-14-15(11-13)26-10-9-25-14/h3-6,11H,2,7-10,12H2,1H3,(H,23,24). The highest BCUT2D eigenvalue weighted by atomic mass is 32.1. The minimum absolute atomic E-state index is 0.101. The van der Waals surface area contributed by atoms with Crippen LogP contribution in [0.25, 0.3) is 10.4 Å². The molecule has 1 amide bonds. The van der Waals surface area contributed by atoms with E-state index in [1.54, 1.807) is 11.8 Å². The van der Waals surface area contributed by atoms with Crippen LogP contribution < -0.4 is 9.47 Å². The van der Waals surface area contributed by atoms with Crippen LogP contribution in [0.2, 0.25) is 0 Å². The monoisotopic (exact) mass is 387 g/mol. The lowest BCUT2D eigenvalue weighted by atomic mass is 9.82. The highest BCUT2D eigenvalue weighted by Gasteiger charge is 2.39. The van der Waals surface area contributed by atoms with Gasteiger partial charge in [0.15, 0.2) is 11.5 Å². The van der Waals surface area contributed by atoms with Crippen LogP contribution in [0.15, 0.2) is 30.3 Å². The van der Waals surface area contributed by atoms with Crippen LogP contribution in [0.3, 0.4) is 0 Å². The fourth-order valence-corrected chi connectivity index (χ4v) is 4.52. The van der Waals surface area contributed by atoms with E-state index < -0.39 is 11.4 Å². The first-order valence-electron chi connectivity index (χ1n) is 8.99. The van der Waals surface area contributed by atoms with Crippen LogP contribution in [-0.4, -0.2) is 48.2 Å². The summed E-state index contributed by atoms with van der Waals surface area (Å²) in [7, 11) is 0. The molecule has 0 spiro atoms. The molecular weight excluding hydrogens is 366 g/mol. The van der Waals surface area contributed by atoms with Gasteiger partial charge < -0.3 is 19.5 Å².